The van der Waals surface area contributed by atoms with E-state index in [0.29, 0.717) is 27.9 Å². The number of hydrogen-bond acceptors (Lipinski definition) is 6. The Balaban J connectivity index is 1.69. The number of aromatic nitrogens is 1. The minimum Gasteiger partial charge on any atom is -0.319 e. The van der Waals surface area contributed by atoms with Crippen LogP contribution in [0.5, 0.6) is 0 Å². The second-order valence-corrected chi connectivity index (χ2v) is 9.93. The van der Waals surface area contributed by atoms with Gasteiger partial charge in [0.05, 0.1) is 20.0 Å². The number of hydrogen-bond donors (Lipinski definition) is 0. The number of fused-ring (bicyclic) bond motifs is 1. The summed E-state index contributed by atoms with van der Waals surface area (Å²) in [6, 6.07) is 7.84. The molecule has 1 aliphatic rings. The highest BCUT2D eigenvalue weighted by atomic mass is 32.2. The molecule has 162 valence electrons. The van der Waals surface area contributed by atoms with E-state index in [2.05, 4.69) is 4.99 Å². The van der Waals surface area contributed by atoms with Crippen molar-refractivity contribution in [1.82, 2.24) is 8.87 Å². The fourth-order valence-electron chi connectivity index (χ4n) is 3.52. The molecule has 4 rings (SSSR count). The molecule has 1 saturated heterocycles. The van der Waals surface area contributed by atoms with Gasteiger partial charge in [0.25, 0.3) is 11.6 Å². The van der Waals surface area contributed by atoms with Crippen LogP contribution < -0.4 is 4.80 Å². The Bertz CT molecular complexity index is 1360. The topological polar surface area (TPSA) is 115 Å². The van der Waals surface area contributed by atoms with Crippen LogP contribution in [0.2, 0.25) is 0 Å². The molecule has 2 aromatic carbocycles. The Hall–Kier alpha value is -2.96. The standard InChI is InChI=1S/C19H17FN4O5S2/c1-22-16-11-13(24(26)27)6-9-17(16)30-19(22)21-18(25)15-3-2-10-23(15)31(28,29)14-7-4-12(20)5-8-14/h4-9,11,15H,2-3,10H2,1H3. The molecule has 1 fully saturated rings. The molecule has 2 heterocycles. The summed E-state index contributed by atoms with van der Waals surface area (Å²) < 4.78 is 42.5. The first-order valence-electron chi connectivity index (χ1n) is 9.28. The molecule has 1 aliphatic heterocycles. The Morgan fingerprint density at radius 2 is 1.97 bits per heavy atom. The molecule has 0 aliphatic carbocycles. The largest absolute Gasteiger partial charge is 0.319 e. The van der Waals surface area contributed by atoms with Gasteiger partial charge < -0.3 is 4.57 Å². The summed E-state index contributed by atoms with van der Waals surface area (Å²) in [6.07, 6.45) is 0.819. The molecule has 1 aromatic heterocycles. The summed E-state index contributed by atoms with van der Waals surface area (Å²) in [5.41, 5.74) is 0.471. The van der Waals surface area contributed by atoms with Crippen LogP contribution in [-0.4, -0.2) is 40.7 Å². The first-order valence-corrected chi connectivity index (χ1v) is 11.5. The van der Waals surface area contributed by atoms with Crippen LogP contribution in [0.4, 0.5) is 10.1 Å². The SMILES string of the molecule is Cn1c(=NC(=O)C2CCCN2S(=O)(=O)c2ccc(F)cc2)sc2ccc([N+](=O)[O-])cc21. The molecule has 3 aromatic rings. The van der Waals surface area contributed by atoms with Crippen LogP contribution in [0.25, 0.3) is 10.2 Å². The number of carbonyl (C=O) groups excluding carboxylic acids is 1. The lowest BCUT2D eigenvalue weighted by molar-refractivity contribution is -0.384. The van der Waals surface area contributed by atoms with Crippen molar-refractivity contribution in [2.24, 2.45) is 12.0 Å². The normalized spacial score (nSPS) is 18.0. The van der Waals surface area contributed by atoms with Crippen molar-refractivity contribution in [1.29, 1.82) is 0 Å². The average molecular weight is 465 g/mol. The van der Waals surface area contributed by atoms with Gasteiger partial charge in [-0.1, -0.05) is 11.3 Å². The number of amides is 1. The summed E-state index contributed by atoms with van der Waals surface area (Å²) in [4.78, 5) is 27.8. The zero-order valence-corrected chi connectivity index (χ0v) is 17.9. The molecule has 31 heavy (non-hydrogen) atoms. The maximum absolute atomic E-state index is 13.2. The zero-order chi connectivity index (χ0) is 22.3. The maximum atomic E-state index is 13.2. The monoisotopic (exact) mass is 464 g/mol. The van der Waals surface area contributed by atoms with E-state index in [1.807, 2.05) is 0 Å². The van der Waals surface area contributed by atoms with E-state index in [9.17, 15) is 27.7 Å². The molecular weight excluding hydrogens is 447 g/mol. The van der Waals surface area contributed by atoms with E-state index in [1.165, 1.54) is 35.6 Å². The molecule has 1 atom stereocenters. The van der Waals surface area contributed by atoms with Crippen molar-refractivity contribution >= 4 is 43.2 Å². The van der Waals surface area contributed by atoms with Crippen LogP contribution >= 0.6 is 11.3 Å². The number of halogens is 1. The number of aryl methyl sites for hydroxylation is 1. The van der Waals surface area contributed by atoms with Gasteiger partial charge in [0.1, 0.15) is 11.9 Å². The third-order valence-electron chi connectivity index (χ3n) is 5.12. The minimum atomic E-state index is -3.98. The van der Waals surface area contributed by atoms with Crippen LogP contribution in [0.15, 0.2) is 52.4 Å². The van der Waals surface area contributed by atoms with E-state index in [1.54, 1.807) is 17.7 Å². The zero-order valence-electron chi connectivity index (χ0n) is 16.3. The number of nitro benzene ring substituents is 1. The van der Waals surface area contributed by atoms with Crippen molar-refractivity contribution in [3.63, 3.8) is 0 Å². The lowest BCUT2D eigenvalue weighted by Crippen LogP contribution is -2.40. The Labute approximate surface area is 180 Å². The molecule has 0 N–H and O–H groups in total. The predicted octanol–water partition coefficient (Wildman–Crippen LogP) is 2.57. The number of non-ortho nitro benzene ring substituents is 1. The van der Waals surface area contributed by atoms with Crippen LogP contribution in [0.1, 0.15) is 12.8 Å². The summed E-state index contributed by atoms with van der Waals surface area (Å²) in [5, 5.41) is 11.0. The van der Waals surface area contributed by atoms with Gasteiger partial charge in [-0.25, -0.2) is 12.8 Å². The smallest absolute Gasteiger partial charge is 0.271 e. The molecule has 0 saturated carbocycles. The summed E-state index contributed by atoms with van der Waals surface area (Å²) in [7, 11) is -2.35. The van der Waals surface area contributed by atoms with Crippen molar-refractivity contribution < 1.29 is 22.5 Å². The van der Waals surface area contributed by atoms with Gasteiger partial charge in [-0.2, -0.15) is 9.30 Å². The van der Waals surface area contributed by atoms with Crippen LogP contribution in [0.3, 0.4) is 0 Å². The van der Waals surface area contributed by atoms with Gasteiger partial charge in [0.2, 0.25) is 10.0 Å². The van der Waals surface area contributed by atoms with Crippen molar-refractivity contribution in [2.75, 3.05) is 6.54 Å². The van der Waals surface area contributed by atoms with Gasteiger partial charge in [0.15, 0.2) is 4.80 Å². The van der Waals surface area contributed by atoms with E-state index >= 15 is 0 Å². The molecular formula is C19H17FN4O5S2. The molecule has 9 nitrogen and oxygen atoms in total. The number of thiazole rings is 1. The summed E-state index contributed by atoms with van der Waals surface area (Å²) >= 11 is 1.18. The Morgan fingerprint density at radius 1 is 1.26 bits per heavy atom. The molecule has 1 unspecified atom stereocenters. The second-order valence-electron chi connectivity index (χ2n) is 7.03. The lowest BCUT2D eigenvalue weighted by atomic mass is 10.2. The number of rotatable bonds is 4. The second kappa shape index (κ2) is 7.94. The number of nitrogens with zero attached hydrogens (tertiary/aromatic N) is 4. The van der Waals surface area contributed by atoms with Gasteiger partial charge >= 0.3 is 0 Å². The fraction of sp³-hybridized carbons (Fsp3) is 0.263. The maximum Gasteiger partial charge on any atom is 0.271 e. The molecule has 0 radical (unpaired) electrons. The van der Waals surface area contributed by atoms with Gasteiger partial charge in [-0.15, -0.1) is 0 Å². The van der Waals surface area contributed by atoms with Crippen molar-refractivity contribution in [3.05, 3.63) is 63.2 Å². The number of sulfonamides is 1. The Kier molecular flexibility index (Phi) is 5.45. The molecule has 12 heteroatoms. The minimum absolute atomic E-state index is 0.0777. The Morgan fingerprint density at radius 3 is 2.65 bits per heavy atom. The number of carbonyl (C=O) groups is 1. The number of benzene rings is 2. The molecule has 0 spiro atoms. The van der Waals surface area contributed by atoms with Gasteiger partial charge in [-0.3, -0.25) is 14.9 Å². The van der Waals surface area contributed by atoms with E-state index in [4.69, 9.17) is 0 Å². The third-order valence-corrected chi connectivity index (χ3v) is 8.15. The third kappa shape index (κ3) is 3.89. The van der Waals surface area contributed by atoms with Crippen molar-refractivity contribution in [3.8, 4) is 0 Å². The quantitative estimate of drug-likeness (QED) is 0.435. The van der Waals surface area contributed by atoms with Crippen LogP contribution in [0, 0.1) is 15.9 Å². The average Bonchev–Trinajstić information content (AvgIpc) is 3.34. The van der Waals surface area contributed by atoms with Crippen LogP contribution in [-0.2, 0) is 21.9 Å². The first kappa shape index (κ1) is 21.3. The lowest BCUT2D eigenvalue weighted by Gasteiger charge is -2.21. The van der Waals surface area contributed by atoms with Gasteiger partial charge in [-0.05, 0) is 43.2 Å². The predicted molar refractivity (Wildman–Crippen MR) is 111 cm³/mol. The summed E-state index contributed by atoms with van der Waals surface area (Å²) in [5.74, 6) is -1.17. The van der Waals surface area contributed by atoms with Gasteiger partial charge in [0, 0.05) is 25.7 Å². The number of nitro groups is 1. The van der Waals surface area contributed by atoms with E-state index < -0.39 is 32.7 Å². The van der Waals surface area contributed by atoms with E-state index in [-0.39, 0.29) is 17.1 Å². The molecule has 1 amide bonds. The van der Waals surface area contributed by atoms with Crippen molar-refractivity contribution in [2.45, 2.75) is 23.8 Å². The van der Waals surface area contributed by atoms with E-state index in [0.717, 1.165) is 16.4 Å². The fourth-order valence-corrected chi connectivity index (χ4v) is 6.18. The first-order chi connectivity index (χ1) is 14.7. The highest BCUT2D eigenvalue weighted by Crippen LogP contribution is 2.27. The molecule has 0 bridgehead atoms. The highest BCUT2D eigenvalue weighted by Gasteiger charge is 2.39. The highest BCUT2D eigenvalue weighted by molar-refractivity contribution is 7.89. The summed E-state index contributed by atoms with van der Waals surface area (Å²) in [6.45, 7) is 0.163.